The molecule has 0 spiro atoms. The van der Waals surface area contributed by atoms with Crippen molar-refractivity contribution < 1.29 is 0 Å². The van der Waals surface area contributed by atoms with E-state index in [4.69, 9.17) is 5.10 Å². The molecule has 0 saturated heterocycles. The normalized spacial score (nSPS) is 12.8. The number of aromatic nitrogens is 2. The van der Waals surface area contributed by atoms with Gasteiger partial charge in [0.15, 0.2) is 0 Å². The maximum absolute atomic E-state index is 4.70. The van der Waals surface area contributed by atoms with Gasteiger partial charge in [-0.2, -0.15) is 5.10 Å². The number of rotatable bonds is 11. The third-order valence-corrected chi connectivity index (χ3v) is 3.87. The van der Waals surface area contributed by atoms with Gasteiger partial charge in [0.05, 0.1) is 11.4 Å². The lowest BCUT2D eigenvalue weighted by Crippen LogP contribution is -2.24. The molecule has 0 aliphatic carbocycles. The molecule has 1 heterocycles. The van der Waals surface area contributed by atoms with E-state index in [1.165, 1.54) is 49.9 Å². The zero-order valence-corrected chi connectivity index (χ0v) is 13.9. The maximum Gasteiger partial charge on any atom is 0.0625 e. The number of hydrogen-bond donors (Lipinski definition) is 1. The molecule has 1 atom stereocenters. The molecule has 0 aliphatic rings. The fourth-order valence-corrected chi connectivity index (χ4v) is 2.64. The Morgan fingerprint density at radius 2 is 1.90 bits per heavy atom. The van der Waals surface area contributed by atoms with Crippen LogP contribution in [0.3, 0.4) is 0 Å². The van der Waals surface area contributed by atoms with Crippen LogP contribution in [-0.2, 0) is 13.0 Å². The van der Waals surface area contributed by atoms with Crippen LogP contribution in [0.2, 0.25) is 0 Å². The molecule has 0 aromatic carbocycles. The summed E-state index contributed by atoms with van der Waals surface area (Å²) in [6.07, 6.45) is 8.76. The van der Waals surface area contributed by atoms with E-state index in [0.717, 1.165) is 19.5 Å². The van der Waals surface area contributed by atoms with Gasteiger partial charge >= 0.3 is 0 Å². The van der Waals surface area contributed by atoms with Gasteiger partial charge in [-0.05, 0) is 38.8 Å². The number of unbranched alkanes of at least 4 members (excludes halogenated alkanes) is 3. The molecule has 0 fully saturated rings. The SMILES string of the molecule is CCCCCCC(NCCC)c1cc(CC)nn1CC. The summed E-state index contributed by atoms with van der Waals surface area (Å²) >= 11 is 0. The Morgan fingerprint density at radius 3 is 2.50 bits per heavy atom. The van der Waals surface area contributed by atoms with E-state index >= 15 is 0 Å². The van der Waals surface area contributed by atoms with E-state index in [9.17, 15) is 0 Å². The minimum atomic E-state index is 0.472. The molecule has 20 heavy (non-hydrogen) atoms. The van der Waals surface area contributed by atoms with Gasteiger partial charge in [0.1, 0.15) is 0 Å². The highest BCUT2D eigenvalue weighted by molar-refractivity contribution is 5.14. The van der Waals surface area contributed by atoms with Crippen LogP contribution in [0.15, 0.2) is 6.07 Å². The van der Waals surface area contributed by atoms with Crippen molar-refractivity contribution in [2.75, 3.05) is 6.54 Å². The first-order valence-electron chi connectivity index (χ1n) is 8.56. The van der Waals surface area contributed by atoms with Crippen molar-refractivity contribution in [3.8, 4) is 0 Å². The molecule has 0 bridgehead atoms. The Bertz CT molecular complexity index is 357. The molecule has 0 radical (unpaired) electrons. The highest BCUT2D eigenvalue weighted by Gasteiger charge is 2.16. The third-order valence-electron chi connectivity index (χ3n) is 3.87. The van der Waals surface area contributed by atoms with E-state index in [1.807, 2.05) is 0 Å². The van der Waals surface area contributed by atoms with E-state index in [1.54, 1.807) is 0 Å². The Hall–Kier alpha value is -0.830. The molecule has 3 nitrogen and oxygen atoms in total. The van der Waals surface area contributed by atoms with Gasteiger partial charge in [0.25, 0.3) is 0 Å². The second-order valence-electron chi connectivity index (χ2n) is 5.59. The first-order valence-corrected chi connectivity index (χ1v) is 8.56. The molecule has 1 aromatic rings. The first-order chi connectivity index (χ1) is 9.76. The number of nitrogens with zero attached hydrogens (tertiary/aromatic N) is 2. The Kier molecular flexibility index (Phi) is 8.59. The average Bonchev–Trinajstić information content (AvgIpc) is 2.90. The van der Waals surface area contributed by atoms with Crippen LogP contribution in [0, 0.1) is 0 Å². The topological polar surface area (TPSA) is 29.9 Å². The highest BCUT2D eigenvalue weighted by atomic mass is 15.3. The predicted molar refractivity (Wildman–Crippen MR) is 87.1 cm³/mol. The fraction of sp³-hybridized carbons (Fsp3) is 0.824. The molecule has 0 amide bonds. The largest absolute Gasteiger partial charge is 0.309 e. The standard InChI is InChI=1S/C17H33N3/c1-5-9-10-11-12-16(18-13-6-2)17-14-15(7-3)19-20(17)8-4/h14,16,18H,5-13H2,1-4H3. The van der Waals surface area contributed by atoms with Crippen LogP contribution in [0.25, 0.3) is 0 Å². The van der Waals surface area contributed by atoms with Gasteiger partial charge in [-0.15, -0.1) is 0 Å². The lowest BCUT2D eigenvalue weighted by atomic mass is 10.0. The fourth-order valence-electron chi connectivity index (χ4n) is 2.64. The Morgan fingerprint density at radius 1 is 1.10 bits per heavy atom. The molecule has 3 heteroatoms. The molecule has 1 unspecified atom stereocenters. The summed E-state index contributed by atoms with van der Waals surface area (Å²) in [6.45, 7) is 10.9. The quantitative estimate of drug-likeness (QED) is 0.605. The van der Waals surface area contributed by atoms with Crippen LogP contribution in [-0.4, -0.2) is 16.3 Å². The second-order valence-corrected chi connectivity index (χ2v) is 5.59. The summed E-state index contributed by atoms with van der Waals surface area (Å²) in [5, 5.41) is 8.41. The maximum atomic E-state index is 4.70. The number of nitrogens with one attached hydrogen (secondary N) is 1. The van der Waals surface area contributed by atoms with Crippen LogP contribution in [0.5, 0.6) is 0 Å². The van der Waals surface area contributed by atoms with Crippen molar-refractivity contribution in [1.82, 2.24) is 15.1 Å². The van der Waals surface area contributed by atoms with E-state index in [-0.39, 0.29) is 0 Å². The Labute approximate surface area is 125 Å². The van der Waals surface area contributed by atoms with Gasteiger partial charge in [-0.1, -0.05) is 46.5 Å². The van der Waals surface area contributed by atoms with Gasteiger partial charge in [-0.3, -0.25) is 4.68 Å². The Balaban J connectivity index is 2.72. The molecule has 1 N–H and O–H groups in total. The predicted octanol–water partition coefficient (Wildman–Crippen LogP) is 4.48. The van der Waals surface area contributed by atoms with Gasteiger partial charge in [0.2, 0.25) is 0 Å². The first kappa shape index (κ1) is 17.2. The van der Waals surface area contributed by atoms with Crippen molar-refractivity contribution in [3.05, 3.63) is 17.5 Å². The molecule has 1 aromatic heterocycles. The summed E-state index contributed by atoms with van der Waals surface area (Å²) in [5.74, 6) is 0. The monoisotopic (exact) mass is 279 g/mol. The summed E-state index contributed by atoms with van der Waals surface area (Å²) in [4.78, 5) is 0. The number of aryl methyl sites for hydroxylation is 2. The lowest BCUT2D eigenvalue weighted by Gasteiger charge is -2.19. The lowest BCUT2D eigenvalue weighted by molar-refractivity contribution is 0.436. The molecular weight excluding hydrogens is 246 g/mol. The van der Waals surface area contributed by atoms with E-state index in [2.05, 4.69) is 43.8 Å². The van der Waals surface area contributed by atoms with Crippen LogP contribution < -0.4 is 5.32 Å². The molecule has 116 valence electrons. The smallest absolute Gasteiger partial charge is 0.0625 e. The van der Waals surface area contributed by atoms with Crippen molar-refractivity contribution >= 4 is 0 Å². The summed E-state index contributed by atoms with van der Waals surface area (Å²) < 4.78 is 2.19. The summed E-state index contributed by atoms with van der Waals surface area (Å²) in [6, 6.07) is 2.77. The highest BCUT2D eigenvalue weighted by Crippen LogP contribution is 2.22. The van der Waals surface area contributed by atoms with Crippen molar-refractivity contribution in [2.45, 2.75) is 85.2 Å². The van der Waals surface area contributed by atoms with Crippen LogP contribution >= 0.6 is 0 Å². The molecule has 0 saturated carbocycles. The van der Waals surface area contributed by atoms with Crippen molar-refractivity contribution in [2.24, 2.45) is 0 Å². The second kappa shape index (κ2) is 9.98. The minimum Gasteiger partial charge on any atom is -0.309 e. The van der Waals surface area contributed by atoms with Crippen molar-refractivity contribution in [3.63, 3.8) is 0 Å². The summed E-state index contributed by atoms with van der Waals surface area (Å²) in [5.41, 5.74) is 2.60. The van der Waals surface area contributed by atoms with Gasteiger partial charge in [-0.25, -0.2) is 0 Å². The summed E-state index contributed by atoms with van der Waals surface area (Å²) in [7, 11) is 0. The number of hydrogen-bond acceptors (Lipinski definition) is 2. The van der Waals surface area contributed by atoms with Crippen LogP contribution in [0.1, 0.15) is 83.6 Å². The average molecular weight is 279 g/mol. The minimum absolute atomic E-state index is 0.472. The molecule has 0 aliphatic heterocycles. The zero-order chi connectivity index (χ0) is 14.8. The van der Waals surface area contributed by atoms with E-state index in [0.29, 0.717) is 6.04 Å². The van der Waals surface area contributed by atoms with Crippen LogP contribution in [0.4, 0.5) is 0 Å². The van der Waals surface area contributed by atoms with Crippen molar-refractivity contribution in [1.29, 1.82) is 0 Å². The van der Waals surface area contributed by atoms with Gasteiger partial charge < -0.3 is 5.32 Å². The van der Waals surface area contributed by atoms with E-state index < -0.39 is 0 Å². The zero-order valence-electron chi connectivity index (χ0n) is 13.9. The molecule has 1 rings (SSSR count). The molecular formula is C17H33N3. The van der Waals surface area contributed by atoms with Gasteiger partial charge in [0, 0.05) is 12.6 Å². The third kappa shape index (κ3) is 5.28.